The molecule has 0 fully saturated rings. The summed E-state index contributed by atoms with van der Waals surface area (Å²) in [6.45, 7) is 0. The molecule has 2 rings (SSSR count). The zero-order valence-electron chi connectivity index (χ0n) is 9.06. The number of anilines is 2. The second-order valence-electron chi connectivity index (χ2n) is 3.55. The number of nitrogens with one attached hydrogen (secondary N) is 1. The Bertz CT molecular complexity index is 587. The van der Waals surface area contributed by atoms with Gasteiger partial charge in [-0.2, -0.15) is 0 Å². The van der Waals surface area contributed by atoms with Crippen molar-refractivity contribution >= 4 is 55.6 Å². The van der Waals surface area contributed by atoms with Crippen molar-refractivity contribution in [1.29, 1.82) is 0 Å². The van der Waals surface area contributed by atoms with Crippen molar-refractivity contribution in [3.05, 3.63) is 60.6 Å². The van der Waals surface area contributed by atoms with Gasteiger partial charge in [-0.15, -0.1) is 0 Å². The highest BCUT2D eigenvalue weighted by Crippen LogP contribution is 2.30. The van der Waals surface area contributed by atoms with E-state index in [2.05, 4.69) is 43.8 Å². The molecule has 0 heterocycles. The highest BCUT2D eigenvalue weighted by Gasteiger charge is 2.14. The molecule has 2 aromatic rings. The van der Waals surface area contributed by atoms with E-state index < -0.39 is 4.92 Å². The minimum atomic E-state index is -0.403. The SMILES string of the molecule is O=[N+]([O-])c1cc(Br)ccc1Nc1ccc(I)cc1. The lowest BCUT2D eigenvalue weighted by Crippen LogP contribution is -1.97. The van der Waals surface area contributed by atoms with Crippen LogP contribution in [0.1, 0.15) is 0 Å². The predicted molar refractivity (Wildman–Crippen MR) is 83.2 cm³/mol. The molecule has 0 amide bonds. The molecule has 0 aliphatic heterocycles. The lowest BCUT2D eigenvalue weighted by Gasteiger charge is -2.07. The van der Waals surface area contributed by atoms with E-state index in [0.29, 0.717) is 10.2 Å². The molecule has 0 unspecified atom stereocenters. The van der Waals surface area contributed by atoms with Gasteiger partial charge in [0.05, 0.1) is 4.92 Å². The molecule has 6 heteroatoms. The molecule has 2 aromatic carbocycles. The van der Waals surface area contributed by atoms with Crippen LogP contribution < -0.4 is 5.32 Å². The van der Waals surface area contributed by atoms with E-state index >= 15 is 0 Å². The summed E-state index contributed by atoms with van der Waals surface area (Å²) in [5, 5.41) is 14.0. The molecule has 0 aliphatic rings. The number of benzene rings is 2. The van der Waals surface area contributed by atoms with Crippen LogP contribution in [-0.2, 0) is 0 Å². The molecule has 0 aliphatic carbocycles. The first-order valence-corrected chi connectivity index (χ1v) is 6.90. The van der Waals surface area contributed by atoms with Crippen molar-refractivity contribution in [2.24, 2.45) is 0 Å². The highest BCUT2D eigenvalue weighted by molar-refractivity contribution is 14.1. The number of hydrogen-bond donors (Lipinski definition) is 1. The van der Waals surface area contributed by atoms with E-state index in [0.717, 1.165) is 9.26 Å². The Morgan fingerprint density at radius 2 is 1.83 bits per heavy atom. The third-order valence-electron chi connectivity index (χ3n) is 2.28. The Balaban J connectivity index is 2.34. The first kappa shape index (κ1) is 13.3. The van der Waals surface area contributed by atoms with E-state index in [1.165, 1.54) is 6.07 Å². The van der Waals surface area contributed by atoms with Crippen LogP contribution in [0.4, 0.5) is 17.1 Å². The highest BCUT2D eigenvalue weighted by atomic mass is 127. The van der Waals surface area contributed by atoms with Gasteiger partial charge in [0.15, 0.2) is 0 Å². The molecule has 92 valence electrons. The van der Waals surface area contributed by atoms with Crippen LogP contribution in [0.15, 0.2) is 46.9 Å². The zero-order chi connectivity index (χ0) is 13.1. The summed E-state index contributed by atoms with van der Waals surface area (Å²) in [6, 6.07) is 12.6. The summed E-state index contributed by atoms with van der Waals surface area (Å²) in [5.74, 6) is 0. The van der Waals surface area contributed by atoms with Gasteiger partial charge in [-0.25, -0.2) is 0 Å². The fraction of sp³-hybridized carbons (Fsp3) is 0. The monoisotopic (exact) mass is 418 g/mol. The maximum absolute atomic E-state index is 11.0. The second-order valence-corrected chi connectivity index (χ2v) is 5.71. The van der Waals surface area contributed by atoms with E-state index in [4.69, 9.17) is 0 Å². The summed E-state index contributed by atoms with van der Waals surface area (Å²) in [6.07, 6.45) is 0. The van der Waals surface area contributed by atoms with Gasteiger partial charge in [-0.1, -0.05) is 15.9 Å². The molecule has 0 atom stereocenters. The number of rotatable bonds is 3. The van der Waals surface area contributed by atoms with Gasteiger partial charge in [0.2, 0.25) is 0 Å². The average molecular weight is 419 g/mol. The van der Waals surface area contributed by atoms with Crippen molar-refractivity contribution in [3.8, 4) is 0 Å². The second kappa shape index (κ2) is 5.66. The van der Waals surface area contributed by atoms with E-state index in [-0.39, 0.29) is 5.69 Å². The van der Waals surface area contributed by atoms with Gasteiger partial charge in [0.1, 0.15) is 5.69 Å². The molecule has 0 saturated heterocycles. The topological polar surface area (TPSA) is 55.2 Å². The van der Waals surface area contributed by atoms with Crippen molar-refractivity contribution in [2.75, 3.05) is 5.32 Å². The third kappa shape index (κ3) is 3.20. The molecule has 0 radical (unpaired) electrons. The third-order valence-corrected chi connectivity index (χ3v) is 3.49. The Hall–Kier alpha value is -1.15. The average Bonchev–Trinajstić information content (AvgIpc) is 2.34. The Morgan fingerprint density at radius 3 is 2.44 bits per heavy atom. The Kier molecular flexibility index (Phi) is 4.18. The van der Waals surface area contributed by atoms with Gasteiger partial charge in [-0.3, -0.25) is 10.1 Å². The molecule has 1 N–H and O–H groups in total. The van der Waals surface area contributed by atoms with Crippen LogP contribution in [-0.4, -0.2) is 4.92 Å². The zero-order valence-corrected chi connectivity index (χ0v) is 12.8. The molecule has 4 nitrogen and oxygen atoms in total. The van der Waals surface area contributed by atoms with Gasteiger partial charge in [-0.05, 0) is 59.0 Å². The first-order valence-electron chi connectivity index (χ1n) is 5.03. The summed E-state index contributed by atoms with van der Waals surface area (Å²) in [4.78, 5) is 10.6. The van der Waals surface area contributed by atoms with Gasteiger partial charge in [0.25, 0.3) is 5.69 Å². The summed E-state index contributed by atoms with van der Waals surface area (Å²) in [7, 11) is 0. The summed E-state index contributed by atoms with van der Waals surface area (Å²) >= 11 is 5.43. The molecule has 0 aromatic heterocycles. The smallest absolute Gasteiger partial charge is 0.293 e. The maximum Gasteiger partial charge on any atom is 0.293 e. The van der Waals surface area contributed by atoms with E-state index in [1.54, 1.807) is 12.1 Å². The molecular formula is C12H8BrIN2O2. The number of nitro benzene ring substituents is 1. The number of halogens is 2. The quantitative estimate of drug-likeness (QED) is 0.446. The molecule has 0 saturated carbocycles. The fourth-order valence-electron chi connectivity index (χ4n) is 1.45. The molecule has 18 heavy (non-hydrogen) atoms. The minimum Gasteiger partial charge on any atom is -0.350 e. The predicted octanol–water partition coefficient (Wildman–Crippen LogP) is 4.71. The summed E-state index contributed by atoms with van der Waals surface area (Å²) < 4.78 is 1.80. The maximum atomic E-state index is 11.0. The van der Waals surface area contributed by atoms with Crippen LogP contribution in [0.25, 0.3) is 0 Å². The van der Waals surface area contributed by atoms with Crippen molar-refractivity contribution in [2.45, 2.75) is 0 Å². The molecule has 0 bridgehead atoms. The van der Waals surface area contributed by atoms with Gasteiger partial charge in [0, 0.05) is 19.8 Å². The van der Waals surface area contributed by atoms with Crippen LogP contribution >= 0.6 is 38.5 Å². The Morgan fingerprint density at radius 1 is 1.17 bits per heavy atom. The number of nitrogens with zero attached hydrogens (tertiary/aromatic N) is 1. The van der Waals surface area contributed by atoms with Crippen molar-refractivity contribution in [3.63, 3.8) is 0 Å². The van der Waals surface area contributed by atoms with Gasteiger partial charge >= 0.3 is 0 Å². The van der Waals surface area contributed by atoms with E-state index in [9.17, 15) is 10.1 Å². The molecule has 0 spiro atoms. The van der Waals surface area contributed by atoms with Crippen LogP contribution in [0.3, 0.4) is 0 Å². The number of nitro groups is 1. The lowest BCUT2D eigenvalue weighted by atomic mass is 10.2. The molecular weight excluding hydrogens is 411 g/mol. The standard InChI is InChI=1S/C12H8BrIN2O2/c13-8-1-6-11(12(7-8)16(17)18)15-10-4-2-9(14)3-5-10/h1-7,15H. The first-order chi connectivity index (χ1) is 8.56. The normalized spacial score (nSPS) is 10.1. The van der Waals surface area contributed by atoms with Crippen LogP contribution in [0.2, 0.25) is 0 Å². The fourth-order valence-corrected chi connectivity index (χ4v) is 2.16. The van der Waals surface area contributed by atoms with Crippen LogP contribution in [0, 0.1) is 13.7 Å². The Labute approximate surface area is 126 Å². The van der Waals surface area contributed by atoms with Gasteiger partial charge < -0.3 is 5.32 Å². The van der Waals surface area contributed by atoms with Crippen LogP contribution in [0.5, 0.6) is 0 Å². The van der Waals surface area contributed by atoms with Crippen molar-refractivity contribution < 1.29 is 4.92 Å². The minimum absolute atomic E-state index is 0.0444. The number of hydrogen-bond acceptors (Lipinski definition) is 3. The van der Waals surface area contributed by atoms with Crippen molar-refractivity contribution in [1.82, 2.24) is 0 Å². The largest absolute Gasteiger partial charge is 0.350 e. The lowest BCUT2D eigenvalue weighted by molar-refractivity contribution is -0.384. The van der Waals surface area contributed by atoms with E-state index in [1.807, 2.05) is 24.3 Å². The summed E-state index contributed by atoms with van der Waals surface area (Å²) in [5.41, 5.74) is 1.34.